The molecule has 3 aromatic rings. The summed E-state index contributed by atoms with van der Waals surface area (Å²) in [5.74, 6) is 1.19. The van der Waals surface area contributed by atoms with E-state index in [2.05, 4.69) is 4.98 Å². The number of amides is 1. The summed E-state index contributed by atoms with van der Waals surface area (Å²) < 4.78 is 15.9. The monoisotopic (exact) mass is 340 g/mol. The molecule has 3 rings (SSSR count). The van der Waals surface area contributed by atoms with Gasteiger partial charge in [-0.25, -0.2) is 4.98 Å². The van der Waals surface area contributed by atoms with E-state index in [1.165, 1.54) is 6.26 Å². The highest BCUT2D eigenvalue weighted by Crippen LogP contribution is 2.18. The zero-order chi connectivity index (χ0) is 17.5. The molecule has 0 aliphatic heterocycles. The third-order valence-electron chi connectivity index (χ3n) is 3.75. The van der Waals surface area contributed by atoms with Gasteiger partial charge >= 0.3 is 0 Å². The van der Waals surface area contributed by atoms with Crippen molar-refractivity contribution in [2.24, 2.45) is 0 Å². The fourth-order valence-corrected chi connectivity index (χ4v) is 2.45. The highest BCUT2D eigenvalue weighted by molar-refractivity contribution is 5.78. The highest BCUT2D eigenvalue weighted by atomic mass is 16.5. The maximum absolute atomic E-state index is 12.6. The summed E-state index contributed by atoms with van der Waals surface area (Å²) in [5.41, 5.74) is 1.48. The van der Waals surface area contributed by atoms with Crippen molar-refractivity contribution in [3.05, 3.63) is 66.4 Å². The Kier molecular flexibility index (Phi) is 5.64. The minimum absolute atomic E-state index is 0.0543. The van der Waals surface area contributed by atoms with Crippen LogP contribution in [0.2, 0.25) is 0 Å². The van der Waals surface area contributed by atoms with Crippen LogP contribution in [0.4, 0.5) is 0 Å². The lowest BCUT2D eigenvalue weighted by Gasteiger charge is -2.20. The third-order valence-corrected chi connectivity index (χ3v) is 3.75. The fourth-order valence-electron chi connectivity index (χ4n) is 2.45. The average Bonchev–Trinajstić information content (AvgIpc) is 3.31. The van der Waals surface area contributed by atoms with Crippen LogP contribution in [0.15, 0.2) is 63.8 Å². The average molecular weight is 340 g/mol. The van der Waals surface area contributed by atoms with Gasteiger partial charge in [0, 0.05) is 19.2 Å². The van der Waals surface area contributed by atoms with Crippen molar-refractivity contribution in [2.75, 3.05) is 20.3 Å². The SMILES string of the molecule is COCCN(Cc1ccco1)C(=O)Cc1coc(-c2ccccc2)n1. The van der Waals surface area contributed by atoms with Crippen molar-refractivity contribution in [2.45, 2.75) is 13.0 Å². The van der Waals surface area contributed by atoms with Gasteiger partial charge in [-0.3, -0.25) is 4.79 Å². The number of furan rings is 1. The minimum Gasteiger partial charge on any atom is -0.467 e. The second kappa shape index (κ2) is 8.30. The maximum atomic E-state index is 12.6. The Balaban J connectivity index is 1.67. The Bertz CT molecular complexity index is 781. The third kappa shape index (κ3) is 4.58. The van der Waals surface area contributed by atoms with Gasteiger partial charge in [-0.05, 0) is 24.3 Å². The van der Waals surface area contributed by atoms with Crippen LogP contribution < -0.4 is 0 Å². The Morgan fingerprint density at radius 1 is 1.16 bits per heavy atom. The molecule has 1 amide bonds. The van der Waals surface area contributed by atoms with E-state index in [0.717, 1.165) is 11.3 Å². The number of carbonyl (C=O) groups is 1. The predicted octanol–water partition coefficient (Wildman–Crippen LogP) is 3.15. The minimum atomic E-state index is -0.0543. The Morgan fingerprint density at radius 3 is 2.72 bits per heavy atom. The molecular formula is C19H20N2O4. The standard InChI is InChI=1S/C19H20N2O4/c1-23-11-9-21(13-17-8-5-10-24-17)18(22)12-16-14-25-19(20-16)15-6-3-2-4-7-15/h2-8,10,14H,9,11-13H2,1H3. The van der Waals surface area contributed by atoms with Gasteiger partial charge in [0.1, 0.15) is 12.0 Å². The molecule has 130 valence electrons. The van der Waals surface area contributed by atoms with Crippen molar-refractivity contribution in [1.29, 1.82) is 0 Å². The van der Waals surface area contributed by atoms with E-state index in [1.807, 2.05) is 36.4 Å². The summed E-state index contributed by atoms with van der Waals surface area (Å²) >= 11 is 0. The molecule has 0 N–H and O–H groups in total. The first kappa shape index (κ1) is 17.0. The van der Waals surface area contributed by atoms with Crippen molar-refractivity contribution in [1.82, 2.24) is 9.88 Å². The molecule has 0 bridgehead atoms. The van der Waals surface area contributed by atoms with Gasteiger partial charge in [-0.1, -0.05) is 18.2 Å². The summed E-state index contributed by atoms with van der Waals surface area (Å²) in [6.07, 6.45) is 3.29. The smallest absolute Gasteiger partial charge is 0.229 e. The molecule has 6 heteroatoms. The van der Waals surface area contributed by atoms with Crippen LogP contribution in [0, 0.1) is 0 Å². The van der Waals surface area contributed by atoms with Crippen LogP contribution in [0.1, 0.15) is 11.5 Å². The van der Waals surface area contributed by atoms with Crippen molar-refractivity contribution in [3.63, 3.8) is 0 Å². The van der Waals surface area contributed by atoms with E-state index < -0.39 is 0 Å². The molecular weight excluding hydrogens is 320 g/mol. The van der Waals surface area contributed by atoms with Crippen molar-refractivity contribution < 1.29 is 18.4 Å². The lowest BCUT2D eigenvalue weighted by molar-refractivity contribution is -0.132. The van der Waals surface area contributed by atoms with Gasteiger partial charge < -0.3 is 18.5 Å². The van der Waals surface area contributed by atoms with Gasteiger partial charge in [0.2, 0.25) is 11.8 Å². The quantitative estimate of drug-likeness (QED) is 0.630. The van der Waals surface area contributed by atoms with Gasteiger partial charge in [-0.15, -0.1) is 0 Å². The number of ether oxygens (including phenoxy) is 1. The van der Waals surface area contributed by atoms with Crippen LogP contribution in [0.25, 0.3) is 11.5 Å². The van der Waals surface area contributed by atoms with E-state index in [-0.39, 0.29) is 12.3 Å². The first-order valence-electron chi connectivity index (χ1n) is 8.05. The van der Waals surface area contributed by atoms with Crippen LogP contribution in [0.5, 0.6) is 0 Å². The molecule has 0 aliphatic carbocycles. The van der Waals surface area contributed by atoms with Crippen LogP contribution >= 0.6 is 0 Å². The number of aromatic nitrogens is 1. The fraction of sp³-hybridized carbons (Fsp3) is 0.263. The molecule has 0 unspecified atom stereocenters. The number of rotatable bonds is 8. The highest BCUT2D eigenvalue weighted by Gasteiger charge is 2.18. The molecule has 0 fully saturated rings. The molecule has 0 saturated heterocycles. The summed E-state index contributed by atoms with van der Waals surface area (Å²) in [6, 6.07) is 13.2. The van der Waals surface area contributed by atoms with Crippen molar-refractivity contribution in [3.8, 4) is 11.5 Å². The molecule has 0 atom stereocenters. The van der Waals surface area contributed by atoms with E-state index in [9.17, 15) is 4.79 Å². The number of hydrogen-bond donors (Lipinski definition) is 0. The summed E-state index contributed by atoms with van der Waals surface area (Å²) in [4.78, 5) is 18.7. The molecule has 0 saturated carbocycles. The van der Waals surface area contributed by atoms with Crippen LogP contribution in [-0.4, -0.2) is 36.1 Å². The van der Waals surface area contributed by atoms with Gasteiger partial charge in [0.15, 0.2) is 0 Å². The number of carbonyl (C=O) groups excluding carboxylic acids is 1. The first-order valence-corrected chi connectivity index (χ1v) is 8.05. The molecule has 2 heterocycles. The van der Waals surface area contributed by atoms with Gasteiger partial charge in [0.25, 0.3) is 0 Å². The van der Waals surface area contributed by atoms with Gasteiger partial charge in [-0.2, -0.15) is 0 Å². The second-order valence-corrected chi connectivity index (χ2v) is 5.57. The molecule has 1 aromatic carbocycles. The maximum Gasteiger partial charge on any atom is 0.229 e. The van der Waals surface area contributed by atoms with E-state index >= 15 is 0 Å². The van der Waals surface area contributed by atoms with Crippen molar-refractivity contribution >= 4 is 5.91 Å². The molecule has 2 aromatic heterocycles. The number of oxazole rings is 1. The number of hydrogen-bond acceptors (Lipinski definition) is 5. The van der Waals surface area contributed by atoms with Crippen LogP contribution in [0.3, 0.4) is 0 Å². The van der Waals surface area contributed by atoms with Gasteiger partial charge in [0.05, 0.1) is 31.5 Å². The molecule has 6 nitrogen and oxygen atoms in total. The molecule has 0 aliphatic rings. The van der Waals surface area contributed by atoms with Crippen LogP contribution in [-0.2, 0) is 22.5 Å². The molecule has 25 heavy (non-hydrogen) atoms. The number of nitrogens with zero attached hydrogens (tertiary/aromatic N) is 2. The lowest BCUT2D eigenvalue weighted by atomic mass is 10.2. The Labute approximate surface area is 146 Å². The molecule has 0 radical (unpaired) electrons. The first-order chi connectivity index (χ1) is 12.3. The van der Waals surface area contributed by atoms with E-state index in [1.54, 1.807) is 24.3 Å². The Hall–Kier alpha value is -2.86. The summed E-state index contributed by atoms with van der Waals surface area (Å²) in [6.45, 7) is 1.35. The lowest BCUT2D eigenvalue weighted by Crippen LogP contribution is -2.34. The van der Waals surface area contributed by atoms with E-state index in [4.69, 9.17) is 13.6 Å². The number of benzene rings is 1. The second-order valence-electron chi connectivity index (χ2n) is 5.57. The normalized spacial score (nSPS) is 10.8. The largest absolute Gasteiger partial charge is 0.467 e. The molecule has 0 spiro atoms. The number of methoxy groups -OCH3 is 1. The Morgan fingerprint density at radius 2 is 2.00 bits per heavy atom. The summed E-state index contributed by atoms with van der Waals surface area (Å²) in [7, 11) is 1.61. The predicted molar refractivity (Wildman–Crippen MR) is 91.6 cm³/mol. The van der Waals surface area contributed by atoms with E-state index in [0.29, 0.717) is 31.3 Å². The zero-order valence-corrected chi connectivity index (χ0v) is 14.1. The topological polar surface area (TPSA) is 68.7 Å². The summed E-state index contributed by atoms with van der Waals surface area (Å²) in [5, 5.41) is 0. The zero-order valence-electron chi connectivity index (χ0n) is 14.1.